The summed E-state index contributed by atoms with van der Waals surface area (Å²) in [4.78, 5) is 11.9. The Morgan fingerprint density at radius 2 is 2.15 bits per heavy atom. The number of nitriles is 1. The third kappa shape index (κ3) is 4.77. The maximum atomic E-state index is 11.9. The zero-order valence-corrected chi connectivity index (χ0v) is 12.0. The van der Waals surface area contributed by atoms with Crippen molar-refractivity contribution < 1.29 is 9.53 Å². The molecular weight excluding hydrogens is 252 g/mol. The summed E-state index contributed by atoms with van der Waals surface area (Å²) < 4.78 is 5.47. The van der Waals surface area contributed by atoms with Gasteiger partial charge in [0.1, 0.15) is 17.4 Å². The number of carbonyl (C=O) groups excluding carboxylic acids is 1. The van der Waals surface area contributed by atoms with Gasteiger partial charge in [-0.1, -0.05) is 31.5 Å². The van der Waals surface area contributed by atoms with Crippen molar-refractivity contribution in [3.05, 3.63) is 35.4 Å². The monoisotopic (exact) mass is 272 g/mol. The molecule has 0 aliphatic carbocycles. The van der Waals surface area contributed by atoms with Gasteiger partial charge in [-0.25, -0.2) is 0 Å². The van der Waals surface area contributed by atoms with Crippen LogP contribution in [0, 0.1) is 11.3 Å². The average molecular weight is 272 g/mol. The molecule has 0 unspecified atom stereocenters. The SMILES string of the molecule is CCCCNC(=O)/C(C#N)=C\c1ccccc1OCC. The molecule has 0 atom stereocenters. The molecule has 106 valence electrons. The van der Waals surface area contributed by atoms with Gasteiger partial charge < -0.3 is 10.1 Å². The first-order valence-corrected chi connectivity index (χ1v) is 6.84. The van der Waals surface area contributed by atoms with E-state index in [2.05, 4.69) is 5.32 Å². The van der Waals surface area contributed by atoms with Crippen molar-refractivity contribution in [1.29, 1.82) is 5.26 Å². The first-order valence-electron chi connectivity index (χ1n) is 6.84. The standard InChI is InChI=1S/C16H20N2O2/c1-3-5-10-18-16(19)14(12-17)11-13-8-6-7-9-15(13)20-4-2/h6-9,11H,3-5,10H2,1-2H3,(H,18,19)/b14-11-. The number of unbranched alkanes of at least 4 members (excludes halogenated alkanes) is 1. The molecule has 0 bridgehead atoms. The van der Waals surface area contributed by atoms with Gasteiger partial charge in [-0.3, -0.25) is 4.79 Å². The normalized spacial score (nSPS) is 10.8. The fraction of sp³-hybridized carbons (Fsp3) is 0.375. The molecule has 1 rings (SSSR count). The van der Waals surface area contributed by atoms with Crippen molar-refractivity contribution in [2.45, 2.75) is 26.7 Å². The number of nitrogens with zero attached hydrogens (tertiary/aromatic N) is 1. The Morgan fingerprint density at radius 1 is 1.40 bits per heavy atom. The van der Waals surface area contributed by atoms with Gasteiger partial charge in [-0.2, -0.15) is 5.26 Å². The number of nitrogens with one attached hydrogen (secondary N) is 1. The third-order valence-electron chi connectivity index (χ3n) is 2.70. The van der Waals surface area contributed by atoms with Gasteiger partial charge in [0.15, 0.2) is 0 Å². The van der Waals surface area contributed by atoms with Gasteiger partial charge in [-0.05, 0) is 25.5 Å². The second-order valence-electron chi connectivity index (χ2n) is 4.25. The quantitative estimate of drug-likeness (QED) is 0.471. The van der Waals surface area contributed by atoms with Crippen LogP contribution in [-0.4, -0.2) is 19.1 Å². The smallest absolute Gasteiger partial charge is 0.261 e. The van der Waals surface area contributed by atoms with E-state index in [0.717, 1.165) is 18.4 Å². The maximum absolute atomic E-state index is 11.9. The van der Waals surface area contributed by atoms with E-state index in [1.807, 2.05) is 44.2 Å². The molecule has 0 heterocycles. The molecule has 0 fully saturated rings. The molecule has 0 spiro atoms. The second-order valence-corrected chi connectivity index (χ2v) is 4.25. The van der Waals surface area contributed by atoms with Crippen molar-refractivity contribution >= 4 is 12.0 Å². The molecule has 4 nitrogen and oxygen atoms in total. The van der Waals surface area contributed by atoms with Gasteiger partial charge in [0.05, 0.1) is 6.61 Å². The summed E-state index contributed by atoms with van der Waals surface area (Å²) in [6.45, 7) is 5.06. The number of amides is 1. The Bertz CT molecular complexity index is 515. The average Bonchev–Trinajstić information content (AvgIpc) is 2.46. The minimum absolute atomic E-state index is 0.0910. The first-order chi connectivity index (χ1) is 9.72. The van der Waals surface area contributed by atoms with Gasteiger partial charge >= 0.3 is 0 Å². The van der Waals surface area contributed by atoms with Crippen LogP contribution in [0.5, 0.6) is 5.75 Å². The van der Waals surface area contributed by atoms with Crippen LogP contribution in [0.3, 0.4) is 0 Å². The first kappa shape index (κ1) is 15.8. The van der Waals surface area contributed by atoms with E-state index in [9.17, 15) is 4.79 Å². The van der Waals surface area contributed by atoms with Gasteiger partial charge in [0.25, 0.3) is 5.91 Å². The summed E-state index contributed by atoms with van der Waals surface area (Å²) >= 11 is 0. The van der Waals surface area contributed by atoms with E-state index in [0.29, 0.717) is 18.9 Å². The third-order valence-corrected chi connectivity index (χ3v) is 2.70. The Kier molecular flexibility index (Phi) is 6.91. The molecule has 0 radical (unpaired) electrons. The summed E-state index contributed by atoms with van der Waals surface area (Å²) in [6.07, 6.45) is 3.46. The Morgan fingerprint density at radius 3 is 2.80 bits per heavy atom. The fourth-order valence-electron chi connectivity index (χ4n) is 1.66. The van der Waals surface area contributed by atoms with Gasteiger partial charge in [-0.15, -0.1) is 0 Å². The highest BCUT2D eigenvalue weighted by Crippen LogP contribution is 2.20. The predicted octanol–water partition coefficient (Wildman–Crippen LogP) is 2.91. The lowest BCUT2D eigenvalue weighted by Gasteiger charge is -2.07. The molecule has 0 saturated heterocycles. The van der Waals surface area contributed by atoms with Gasteiger partial charge in [0.2, 0.25) is 0 Å². The number of benzene rings is 1. The lowest BCUT2D eigenvalue weighted by atomic mass is 10.1. The summed E-state index contributed by atoms with van der Waals surface area (Å²) in [6, 6.07) is 9.28. The van der Waals surface area contributed by atoms with Crippen LogP contribution in [0.2, 0.25) is 0 Å². The molecule has 0 aliphatic heterocycles. The molecule has 1 aromatic rings. The fourth-order valence-corrected chi connectivity index (χ4v) is 1.66. The predicted molar refractivity (Wildman–Crippen MR) is 79.1 cm³/mol. The van der Waals surface area contributed by atoms with E-state index < -0.39 is 0 Å². The molecule has 0 saturated carbocycles. The summed E-state index contributed by atoms with van der Waals surface area (Å²) in [5.74, 6) is 0.330. The number of rotatable bonds is 7. The Balaban J connectivity index is 2.89. The van der Waals surface area contributed by atoms with Crippen molar-refractivity contribution in [2.75, 3.05) is 13.2 Å². The lowest BCUT2D eigenvalue weighted by Crippen LogP contribution is -2.25. The van der Waals surface area contributed by atoms with E-state index in [-0.39, 0.29) is 11.5 Å². The zero-order valence-electron chi connectivity index (χ0n) is 12.0. The van der Waals surface area contributed by atoms with Crippen LogP contribution in [0.4, 0.5) is 0 Å². The summed E-state index contributed by atoms with van der Waals surface area (Å²) in [5.41, 5.74) is 0.824. The summed E-state index contributed by atoms with van der Waals surface area (Å²) in [7, 11) is 0. The minimum atomic E-state index is -0.341. The topological polar surface area (TPSA) is 62.1 Å². The van der Waals surface area contributed by atoms with Crippen molar-refractivity contribution in [3.8, 4) is 11.8 Å². The molecule has 0 aromatic heterocycles. The molecule has 0 aliphatic rings. The van der Waals surface area contributed by atoms with Crippen molar-refractivity contribution in [3.63, 3.8) is 0 Å². The van der Waals surface area contributed by atoms with Crippen LogP contribution in [0.1, 0.15) is 32.3 Å². The highest BCUT2D eigenvalue weighted by molar-refractivity contribution is 6.01. The number of hydrogen-bond acceptors (Lipinski definition) is 3. The summed E-state index contributed by atoms with van der Waals surface area (Å²) in [5, 5.41) is 11.9. The number of ether oxygens (including phenoxy) is 1. The Hall–Kier alpha value is -2.28. The minimum Gasteiger partial charge on any atom is -0.493 e. The second kappa shape index (κ2) is 8.76. The number of hydrogen-bond donors (Lipinski definition) is 1. The molecule has 1 N–H and O–H groups in total. The van der Waals surface area contributed by atoms with Crippen LogP contribution >= 0.6 is 0 Å². The van der Waals surface area contributed by atoms with Crippen molar-refractivity contribution in [1.82, 2.24) is 5.32 Å². The van der Waals surface area contributed by atoms with E-state index in [1.54, 1.807) is 6.08 Å². The van der Waals surface area contributed by atoms with Crippen molar-refractivity contribution in [2.24, 2.45) is 0 Å². The molecule has 1 amide bonds. The van der Waals surface area contributed by atoms with Crippen LogP contribution in [0.25, 0.3) is 6.08 Å². The maximum Gasteiger partial charge on any atom is 0.261 e. The zero-order chi connectivity index (χ0) is 14.8. The van der Waals surface area contributed by atoms with E-state index in [4.69, 9.17) is 10.00 Å². The Labute approximate surface area is 120 Å². The highest BCUT2D eigenvalue weighted by Gasteiger charge is 2.09. The molecular formula is C16H20N2O2. The number of carbonyl (C=O) groups is 1. The van der Waals surface area contributed by atoms with Gasteiger partial charge in [0, 0.05) is 12.1 Å². The largest absolute Gasteiger partial charge is 0.493 e. The van der Waals surface area contributed by atoms with Crippen LogP contribution in [0.15, 0.2) is 29.8 Å². The lowest BCUT2D eigenvalue weighted by molar-refractivity contribution is -0.117. The molecule has 20 heavy (non-hydrogen) atoms. The van der Waals surface area contributed by atoms with Crippen LogP contribution in [-0.2, 0) is 4.79 Å². The number of para-hydroxylation sites is 1. The highest BCUT2D eigenvalue weighted by atomic mass is 16.5. The van der Waals surface area contributed by atoms with Crippen LogP contribution < -0.4 is 10.1 Å². The molecule has 4 heteroatoms. The molecule has 1 aromatic carbocycles. The van der Waals surface area contributed by atoms with E-state index in [1.165, 1.54) is 0 Å². The van der Waals surface area contributed by atoms with E-state index >= 15 is 0 Å².